The van der Waals surface area contributed by atoms with Crippen molar-refractivity contribution in [1.29, 1.82) is 0 Å². The highest BCUT2D eigenvalue weighted by molar-refractivity contribution is 5.80. The Labute approximate surface area is 173 Å². The number of aliphatic imine (C=N–C) groups is 1. The molecule has 2 aromatic rings. The third kappa shape index (κ3) is 4.74. The molecule has 2 heterocycles. The lowest BCUT2D eigenvalue weighted by Gasteiger charge is -2.40. The first-order valence-corrected chi connectivity index (χ1v) is 11.0. The number of rotatable bonds is 6. The Balaban J connectivity index is 1.43. The number of aryl methyl sites for hydroxylation is 2. The van der Waals surface area contributed by atoms with Crippen LogP contribution in [0.15, 0.2) is 41.7 Å². The molecule has 1 aliphatic heterocycles. The van der Waals surface area contributed by atoms with Gasteiger partial charge in [-0.3, -0.25) is 9.67 Å². The van der Waals surface area contributed by atoms with Crippen LogP contribution in [0.5, 0.6) is 5.75 Å². The molecule has 0 radical (unpaired) electrons. The largest absolute Gasteiger partial charge is 0.487 e. The van der Waals surface area contributed by atoms with Crippen LogP contribution < -0.4 is 15.4 Å². The molecule has 1 saturated carbocycles. The highest BCUT2D eigenvalue weighted by Crippen LogP contribution is 2.46. The van der Waals surface area contributed by atoms with E-state index >= 15 is 0 Å². The highest BCUT2D eigenvalue weighted by atomic mass is 16.5. The lowest BCUT2D eigenvalue weighted by molar-refractivity contribution is 0.0396. The van der Waals surface area contributed by atoms with Crippen molar-refractivity contribution < 1.29 is 4.74 Å². The van der Waals surface area contributed by atoms with Gasteiger partial charge in [0.1, 0.15) is 11.4 Å². The minimum absolute atomic E-state index is 0.0103. The van der Waals surface area contributed by atoms with Gasteiger partial charge in [-0.25, -0.2) is 0 Å². The van der Waals surface area contributed by atoms with Gasteiger partial charge in [0.2, 0.25) is 0 Å². The molecule has 0 bridgehead atoms. The average molecular weight is 396 g/mol. The van der Waals surface area contributed by atoms with E-state index in [0.29, 0.717) is 0 Å². The molecule has 0 saturated heterocycles. The molecule has 2 N–H and O–H groups in total. The van der Waals surface area contributed by atoms with Gasteiger partial charge in [-0.2, -0.15) is 5.10 Å². The number of nitrogens with one attached hydrogen (secondary N) is 2. The fourth-order valence-corrected chi connectivity index (χ4v) is 4.63. The Morgan fingerprint density at radius 3 is 2.90 bits per heavy atom. The van der Waals surface area contributed by atoms with Crippen LogP contribution >= 0.6 is 0 Å². The van der Waals surface area contributed by atoms with Gasteiger partial charge in [0.25, 0.3) is 0 Å². The number of guanidine groups is 1. The number of hydrogen-bond donors (Lipinski definition) is 2. The molecular weight excluding hydrogens is 362 g/mol. The molecule has 29 heavy (non-hydrogen) atoms. The fraction of sp³-hybridized carbons (Fsp3) is 0.565. The van der Waals surface area contributed by atoms with Gasteiger partial charge in [0.15, 0.2) is 5.96 Å². The van der Waals surface area contributed by atoms with E-state index in [1.807, 2.05) is 17.9 Å². The number of aromatic nitrogens is 2. The Morgan fingerprint density at radius 2 is 2.14 bits per heavy atom. The molecule has 0 amide bonds. The highest BCUT2D eigenvalue weighted by Gasteiger charge is 2.43. The van der Waals surface area contributed by atoms with Crippen molar-refractivity contribution in [3.63, 3.8) is 0 Å². The van der Waals surface area contributed by atoms with Gasteiger partial charge >= 0.3 is 0 Å². The van der Waals surface area contributed by atoms with Gasteiger partial charge in [-0.05, 0) is 57.1 Å². The summed E-state index contributed by atoms with van der Waals surface area (Å²) in [6.07, 6.45) is 11.9. The molecule has 1 aliphatic carbocycles. The van der Waals surface area contributed by atoms with Crippen molar-refractivity contribution in [1.82, 2.24) is 20.4 Å². The lowest BCUT2D eigenvalue weighted by Crippen LogP contribution is -2.46. The average Bonchev–Trinajstić information content (AvgIpc) is 3.34. The topological polar surface area (TPSA) is 63.5 Å². The zero-order valence-electron chi connectivity index (χ0n) is 17.7. The van der Waals surface area contributed by atoms with Gasteiger partial charge in [-0.1, -0.05) is 18.2 Å². The van der Waals surface area contributed by atoms with Gasteiger partial charge in [-0.15, -0.1) is 0 Å². The van der Waals surface area contributed by atoms with E-state index in [9.17, 15) is 0 Å². The van der Waals surface area contributed by atoms with Crippen LogP contribution in [-0.4, -0.2) is 34.4 Å². The van der Waals surface area contributed by atoms with Crippen LogP contribution in [0, 0.1) is 0 Å². The predicted octanol–water partition coefficient (Wildman–Crippen LogP) is 3.74. The molecule has 6 heteroatoms. The minimum atomic E-state index is -0.0103. The van der Waals surface area contributed by atoms with Crippen LogP contribution in [0.2, 0.25) is 0 Å². The number of nitrogens with zero attached hydrogens (tertiary/aromatic N) is 3. The lowest BCUT2D eigenvalue weighted by atomic mass is 9.86. The SMILES string of the molecule is CCNC(=NCCCc1cnn(C)c1)NC1CC2(CCCC2)Oc2ccccc21. The van der Waals surface area contributed by atoms with Crippen LogP contribution in [0.4, 0.5) is 0 Å². The standard InChI is InChI=1S/C23H33N5O/c1-3-24-22(25-14-8-9-18-16-26-28(2)17-18)27-20-15-23(12-6-7-13-23)29-21-11-5-4-10-19(20)21/h4-5,10-11,16-17,20H,3,6-9,12-15H2,1-2H3,(H2,24,25,27). The van der Waals surface area contributed by atoms with E-state index in [2.05, 4.69) is 53.1 Å². The molecule has 1 aromatic heterocycles. The molecule has 1 spiro atoms. The second-order valence-electron chi connectivity index (χ2n) is 8.32. The van der Waals surface area contributed by atoms with Crippen LogP contribution in [0.1, 0.15) is 62.6 Å². The summed E-state index contributed by atoms with van der Waals surface area (Å²) in [6.45, 7) is 3.76. The summed E-state index contributed by atoms with van der Waals surface area (Å²) in [7, 11) is 1.96. The first kappa shape index (κ1) is 19.8. The predicted molar refractivity (Wildman–Crippen MR) is 116 cm³/mol. The monoisotopic (exact) mass is 395 g/mol. The number of benzene rings is 1. The molecular formula is C23H33N5O. The van der Waals surface area contributed by atoms with Gasteiger partial charge in [0.05, 0.1) is 12.2 Å². The van der Waals surface area contributed by atoms with Crippen molar-refractivity contribution in [3.05, 3.63) is 47.8 Å². The number of para-hydroxylation sites is 1. The quantitative estimate of drug-likeness (QED) is 0.444. The normalized spacial score (nSPS) is 20.3. The fourth-order valence-electron chi connectivity index (χ4n) is 4.63. The first-order valence-electron chi connectivity index (χ1n) is 11.0. The number of hydrogen-bond acceptors (Lipinski definition) is 3. The first-order chi connectivity index (χ1) is 14.2. The second-order valence-corrected chi connectivity index (χ2v) is 8.32. The molecule has 156 valence electrons. The summed E-state index contributed by atoms with van der Waals surface area (Å²) in [6, 6.07) is 8.69. The Morgan fingerprint density at radius 1 is 1.31 bits per heavy atom. The second kappa shape index (κ2) is 8.89. The zero-order valence-corrected chi connectivity index (χ0v) is 17.7. The summed E-state index contributed by atoms with van der Waals surface area (Å²) in [4.78, 5) is 4.84. The third-order valence-corrected chi connectivity index (χ3v) is 6.02. The maximum atomic E-state index is 6.49. The summed E-state index contributed by atoms with van der Waals surface area (Å²) < 4.78 is 8.35. The van der Waals surface area contributed by atoms with E-state index in [1.54, 1.807) is 0 Å². The van der Waals surface area contributed by atoms with Gasteiger partial charge < -0.3 is 15.4 Å². The van der Waals surface area contributed by atoms with Crippen molar-refractivity contribution in [2.45, 2.75) is 63.5 Å². The molecule has 2 aliphatic rings. The van der Waals surface area contributed by atoms with Crippen LogP contribution in [-0.2, 0) is 13.5 Å². The Bertz CT molecular complexity index is 837. The number of ether oxygens (including phenoxy) is 1. The number of fused-ring (bicyclic) bond motifs is 1. The molecule has 4 rings (SSSR count). The van der Waals surface area contributed by atoms with E-state index in [-0.39, 0.29) is 11.6 Å². The summed E-state index contributed by atoms with van der Waals surface area (Å²) in [5, 5.41) is 11.4. The van der Waals surface area contributed by atoms with Crippen molar-refractivity contribution in [3.8, 4) is 5.75 Å². The van der Waals surface area contributed by atoms with E-state index in [1.165, 1.54) is 24.0 Å². The third-order valence-electron chi connectivity index (χ3n) is 6.02. The maximum absolute atomic E-state index is 6.49. The molecule has 1 atom stereocenters. The van der Waals surface area contributed by atoms with Crippen molar-refractivity contribution in [2.24, 2.45) is 12.0 Å². The maximum Gasteiger partial charge on any atom is 0.191 e. The van der Waals surface area contributed by atoms with Crippen LogP contribution in [0.3, 0.4) is 0 Å². The molecule has 6 nitrogen and oxygen atoms in total. The van der Waals surface area contributed by atoms with Crippen LogP contribution in [0.25, 0.3) is 0 Å². The van der Waals surface area contributed by atoms with E-state index in [0.717, 1.165) is 56.9 Å². The minimum Gasteiger partial charge on any atom is -0.487 e. The Kier molecular flexibility index (Phi) is 6.07. The molecule has 1 unspecified atom stereocenters. The molecule has 1 fully saturated rings. The van der Waals surface area contributed by atoms with Crippen molar-refractivity contribution >= 4 is 5.96 Å². The summed E-state index contributed by atoms with van der Waals surface area (Å²) >= 11 is 0. The van der Waals surface area contributed by atoms with E-state index < -0.39 is 0 Å². The zero-order chi connectivity index (χ0) is 20.1. The van der Waals surface area contributed by atoms with Gasteiger partial charge in [0, 0.05) is 38.3 Å². The Hall–Kier alpha value is -2.50. The summed E-state index contributed by atoms with van der Waals surface area (Å²) in [5.74, 6) is 1.93. The molecule has 1 aromatic carbocycles. The van der Waals surface area contributed by atoms with E-state index in [4.69, 9.17) is 9.73 Å². The van der Waals surface area contributed by atoms with Crippen molar-refractivity contribution in [2.75, 3.05) is 13.1 Å². The smallest absolute Gasteiger partial charge is 0.191 e. The summed E-state index contributed by atoms with van der Waals surface area (Å²) in [5.41, 5.74) is 2.50.